The second-order valence-electron chi connectivity index (χ2n) is 6.52. The molecule has 24 heavy (non-hydrogen) atoms. The lowest BCUT2D eigenvalue weighted by Gasteiger charge is -2.23. The number of hydrogen-bond donors (Lipinski definition) is 0. The Bertz CT molecular complexity index is 654. The third-order valence-electron chi connectivity index (χ3n) is 4.29. The maximum Gasteiger partial charge on any atom is 0.343 e. The van der Waals surface area contributed by atoms with Crippen LogP contribution < -0.4 is 9.47 Å². The van der Waals surface area contributed by atoms with Gasteiger partial charge in [0.2, 0.25) is 0 Å². The molecule has 0 spiro atoms. The Morgan fingerprint density at radius 2 is 1.50 bits per heavy atom. The van der Waals surface area contributed by atoms with Crippen LogP contribution in [0.5, 0.6) is 11.5 Å². The van der Waals surface area contributed by atoms with Gasteiger partial charge in [-0.3, -0.25) is 0 Å². The van der Waals surface area contributed by atoms with Crippen LogP contribution in [0.3, 0.4) is 0 Å². The first-order valence-corrected chi connectivity index (χ1v) is 8.52. The van der Waals surface area contributed by atoms with E-state index in [0.29, 0.717) is 17.9 Å². The molecule has 3 nitrogen and oxygen atoms in total. The average molecular weight is 326 g/mol. The first-order valence-electron chi connectivity index (χ1n) is 8.52. The van der Waals surface area contributed by atoms with Crippen molar-refractivity contribution in [3.8, 4) is 11.5 Å². The molecule has 0 atom stereocenters. The molecule has 0 amide bonds. The molecule has 0 aliphatic carbocycles. The number of carbonyl (C=O) groups excluding carboxylic acids is 1. The number of ether oxygens (including phenoxy) is 2. The molecule has 3 heteroatoms. The second-order valence-corrected chi connectivity index (χ2v) is 6.52. The van der Waals surface area contributed by atoms with Crippen molar-refractivity contribution in [3.05, 3.63) is 59.7 Å². The van der Waals surface area contributed by atoms with Gasteiger partial charge in [0.05, 0.1) is 12.2 Å². The lowest BCUT2D eigenvalue weighted by molar-refractivity contribution is 0.0734. The summed E-state index contributed by atoms with van der Waals surface area (Å²) < 4.78 is 11.0. The van der Waals surface area contributed by atoms with Crippen LogP contribution in [0.25, 0.3) is 0 Å². The van der Waals surface area contributed by atoms with E-state index in [1.165, 1.54) is 5.56 Å². The zero-order chi connectivity index (χ0) is 17.6. The van der Waals surface area contributed by atoms with Crippen molar-refractivity contribution in [1.82, 2.24) is 0 Å². The van der Waals surface area contributed by atoms with E-state index in [0.717, 1.165) is 18.6 Å². The SMILES string of the molecule is CCCOc1ccc(C(=O)Oc2ccc(C(C)(C)CC)cc2)cc1. The van der Waals surface area contributed by atoms with Gasteiger partial charge in [-0.15, -0.1) is 0 Å². The minimum Gasteiger partial charge on any atom is -0.494 e. The van der Waals surface area contributed by atoms with E-state index in [1.807, 2.05) is 24.3 Å². The third-order valence-corrected chi connectivity index (χ3v) is 4.29. The van der Waals surface area contributed by atoms with Gasteiger partial charge in [0.15, 0.2) is 0 Å². The molecule has 0 bridgehead atoms. The van der Waals surface area contributed by atoms with E-state index in [2.05, 4.69) is 27.7 Å². The Labute approximate surface area is 144 Å². The molecule has 0 N–H and O–H groups in total. The molecular formula is C21H26O3. The van der Waals surface area contributed by atoms with Crippen LogP contribution in [0.2, 0.25) is 0 Å². The summed E-state index contributed by atoms with van der Waals surface area (Å²) in [6, 6.07) is 14.8. The van der Waals surface area contributed by atoms with Crippen LogP contribution in [0, 0.1) is 0 Å². The van der Waals surface area contributed by atoms with E-state index < -0.39 is 0 Å². The van der Waals surface area contributed by atoms with Gasteiger partial charge >= 0.3 is 5.97 Å². The highest BCUT2D eigenvalue weighted by Crippen LogP contribution is 2.28. The summed E-state index contributed by atoms with van der Waals surface area (Å²) in [6.07, 6.45) is 2.01. The van der Waals surface area contributed by atoms with E-state index in [9.17, 15) is 4.79 Å². The van der Waals surface area contributed by atoms with Gasteiger partial charge in [-0.2, -0.15) is 0 Å². The average Bonchev–Trinajstić information content (AvgIpc) is 2.60. The van der Waals surface area contributed by atoms with E-state index in [1.54, 1.807) is 24.3 Å². The number of carbonyl (C=O) groups is 1. The normalized spacial score (nSPS) is 11.2. The number of esters is 1. The first kappa shape index (κ1) is 18.1. The van der Waals surface area contributed by atoms with E-state index >= 15 is 0 Å². The molecule has 0 saturated heterocycles. The van der Waals surface area contributed by atoms with Crippen molar-refractivity contribution in [2.24, 2.45) is 0 Å². The molecule has 0 heterocycles. The van der Waals surface area contributed by atoms with Crippen molar-refractivity contribution in [3.63, 3.8) is 0 Å². The smallest absolute Gasteiger partial charge is 0.343 e. The van der Waals surface area contributed by atoms with Gasteiger partial charge < -0.3 is 9.47 Å². The monoisotopic (exact) mass is 326 g/mol. The van der Waals surface area contributed by atoms with Crippen molar-refractivity contribution in [2.75, 3.05) is 6.61 Å². The number of benzene rings is 2. The van der Waals surface area contributed by atoms with Gasteiger partial charge in [-0.05, 0) is 60.2 Å². The summed E-state index contributed by atoms with van der Waals surface area (Å²) >= 11 is 0. The second kappa shape index (κ2) is 8.00. The molecule has 0 unspecified atom stereocenters. The predicted molar refractivity (Wildman–Crippen MR) is 96.9 cm³/mol. The Hall–Kier alpha value is -2.29. The molecule has 2 aromatic rings. The van der Waals surface area contributed by atoms with Crippen LogP contribution in [0.1, 0.15) is 56.5 Å². The van der Waals surface area contributed by atoms with Gasteiger partial charge in [0.25, 0.3) is 0 Å². The standard InChI is InChI=1S/C21H26O3/c1-5-15-23-18-11-7-16(8-12-18)20(22)24-19-13-9-17(10-14-19)21(3,4)6-2/h7-14H,5-6,15H2,1-4H3. The third kappa shape index (κ3) is 4.60. The summed E-state index contributed by atoms with van der Waals surface area (Å²) in [5.41, 5.74) is 1.87. The van der Waals surface area contributed by atoms with Gasteiger partial charge in [0.1, 0.15) is 11.5 Å². The molecule has 0 aromatic heterocycles. The van der Waals surface area contributed by atoms with Crippen LogP contribution in [-0.2, 0) is 5.41 Å². The first-order chi connectivity index (χ1) is 11.5. The fourth-order valence-electron chi connectivity index (χ4n) is 2.25. The van der Waals surface area contributed by atoms with Crippen LogP contribution in [0.15, 0.2) is 48.5 Å². The molecule has 2 aromatic carbocycles. The van der Waals surface area contributed by atoms with Gasteiger partial charge in [0, 0.05) is 0 Å². The topological polar surface area (TPSA) is 35.5 Å². The minimum absolute atomic E-state index is 0.122. The summed E-state index contributed by atoms with van der Waals surface area (Å²) in [7, 11) is 0. The highest BCUT2D eigenvalue weighted by atomic mass is 16.5. The number of rotatable bonds is 7. The molecule has 0 fully saturated rings. The van der Waals surface area contributed by atoms with Crippen LogP contribution in [0.4, 0.5) is 0 Å². The fraction of sp³-hybridized carbons (Fsp3) is 0.381. The molecular weight excluding hydrogens is 300 g/mol. The molecule has 2 rings (SSSR count). The van der Waals surface area contributed by atoms with Crippen molar-refractivity contribution in [2.45, 2.75) is 46.0 Å². The Kier molecular flexibility index (Phi) is 6.02. The summed E-state index contributed by atoms with van der Waals surface area (Å²) in [5.74, 6) is 0.959. The molecule has 0 aliphatic heterocycles. The van der Waals surface area contributed by atoms with E-state index in [-0.39, 0.29) is 11.4 Å². The Morgan fingerprint density at radius 3 is 2.04 bits per heavy atom. The van der Waals surface area contributed by atoms with Gasteiger partial charge in [-0.25, -0.2) is 4.79 Å². The minimum atomic E-state index is -0.362. The molecule has 128 valence electrons. The van der Waals surface area contributed by atoms with Gasteiger partial charge in [-0.1, -0.05) is 39.8 Å². The molecule has 0 saturated carbocycles. The predicted octanol–water partition coefficient (Wildman–Crippen LogP) is 5.38. The van der Waals surface area contributed by atoms with Crippen LogP contribution >= 0.6 is 0 Å². The maximum absolute atomic E-state index is 12.2. The van der Waals surface area contributed by atoms with Crippen LogP contribution in [-0.4, -0.2) is 12.6 Å². The molecule has 0 aliphatic rings. The van der Waals surface area contributed by atoms with E-state index in [4.69, 9.17) is 9.47 Å². The Balaban J connectivity index is 2.01. The summed E-state index contributed by atoms with van der Waals surface area (Å²) in [6.45, 7) is 9.30. The van der Waals surface area contributed by atoms with Crippen molar-refractivity contribution < 1.29 is 14.3 Å². The zero-order valence-corrected chi connectivity index (χ0v) is 15.0. The van der Waals surface area contributed by atoms with Crippen molar-refractivity contribution in [1.29, 1.82) is 0 Å². The zero-order valence-electron chi connectivity index (χ0n) is 15.0. The highest BCUT2D eigenvalue weighted by molar-refractivity contribution is 5.91. The number of hydrogen-bond acceptors (Lipinski definition) is 3. The lowest BCUT2D eigenvalue weighted by Crippen LogP contribution is -2.15. The Morgan fingerprint density at radius 1 is 0.917 bits per heavy atom. The van der Waals surface area contributed by atoms with Crippen molar-refractivity contribution >= 4 is 5.97 Å². The summed E-state index contributed by atoms with van der Waals surface area (Å²) in [4.78, 5) is 12.2. The largest absolute Gasteiger partial charge is 0.494 e. The maximum atomic E-state index is 12.2. The lowest BCUT2D eigenvalue weighted by atomic mass is 9.82. The molecule has 0 radical (unpaired) electrons. The summed E-state index contributed by atoms with van der Waals surface area (Å²) in [5, 5.41) is 0. The quantitative estimate of drug-likeness (QED) is 0.506. The highest BCUT2D eigenvalue weighted by Gasteiger charge is 2.18. The fourth-order valence-corrected chi connectivity index (χ4v) is 2.25.